The van der Waals surface area contributed by atoms with Crippen molar-refractivity contribution in [3.63, 3.8) is 0 Å². The molecule has 7 nitrogen and oxygen atoms in total. The fraction of sp³-hybridized carbons (Fsp3) is 0.600. The lowest BCUT2D eigenvalue weighted by Gasteiger charge is -2.32. The summed E-state index contributed by atoms with van der Waals surface area (Å²) in [5.74, 6) is -0.732. The average Bonchev–Trinajstić information content (AvgIpc) is 2.92. The lowest BCUT2D eigenvalue weighted by atomic mass is 9.86. The summed E-state index contributed by atoms with van der Waals surface area (Å²) in [6.45, 7) is 9.33. The molecule has 2 unspecified atom stereocenters. The van der Waals surface area contributed by atoms with Crippen molar-refractivity contribution in [1.82, 2.24) is 0 Å². The Morgan fingerprint density at radius 3 is 2.05 bits per heavy atom. The van der Waals surface area contributed by atoms with Gasteiger partial charge in [-0.1, -0.05) is 57.2 Å². The van der Waals surface area contributed by atoms with E-state index in [9.17, 15) is 9.59 Å². The number of esters is 2. The summed E-state index contributed by atoms with van der Waals surface area (Å²) in [6, 6.07) is 8.96. The second kappa shape index (κ2) is 17.1. The van der Waals surface area contributed by atoms with Gasteiger partial charge in [0.1, 0.15) is 0 Å². The van der Waals surface area contributed by atoms with Gasteiger partial charge in [0.05, 0.1) is 50.3 Å². The van der Waals surface area contributed by atoms with Gasteiger partial charge < -0.3 is 24.4 Å². The third-order valence-electron chi connectivity index (χ3n) is 6.96. The van der Waals surface area contributed by atoms with Crippen molar-refractivity contribution < 1.29 is 34.0 Å². The Labute approximate surface area is 221 Å². The minimum atomic E-state index is -0.611. The fourth-order valence-corrected chi connectivity index (χ4v) is 4.51. The molecule has 1 saturated heterocycles. The predicted octanol–water partition coefficient (Wildman–Crippen LogP) is 4.65. The highest BCUT2D eigenvalue weighted by Gasteiger charge is 2.26. The molecule has 206 valence electrons. The lowest BCUT2D eigenvalue weighted by molar-refractivity contribution is -0.140. The van der Waals surface area contributed by atoms with Crippen LogP contribution in [0.3, 0.4) is 0 Å². The molecule has 2 N–H and O–H groups in total. The number of rotatable bonds is 17. The van der Waals surface area contributed by atoms with Crippen LogP contribution in [0.5, 0.6) is 0 Å². The Bertz CT molecular complexity index is 819. The number of aliphatic hydroxyl groups is 2. The van der Waals surface area contributed by atoms with Crippen LogP contribution < -0.4 is 0 Å². The maximum absolute atomic E-state index is 11.8. The number of hydrogen-bond donors (Lipinski definition) is 2. The van der Waals surface area contributed by atoms with E-state index in [-0.39, 0.29) is 36.4 Å². The monoisotopic (exact) mass is 516 g/mol. The van der Waals surface area contributed by atoms with Gasteiger partial charge in [-0.2, -0.15) is 0 Å². The van der Waals surface area contributed by atoms with Crippen LogP contribution in [0.2, 0.25) is 0 Å². The Morgan fingerprint density at radius 2 is 1.57 bits per heavy atom. The Hall–Kier alpha value is -2.48. The molecule has 0 aromatic heterocycles. The van der Waals surface area contributed by atoms with Gasteiger partial charge in [0.25, 0.3) is 0 Å². The highest BCUT2D eigenvalue weighted by Crippen LogP contribution is 2.32. The van der Waals surface area contributed by atoms with Crippen molar-refractivity contribution in [2.24, 2.45) is 5.92 Å². The van der Waals surface area contributed by atoms with E-state index in [4.69, 9.17) is 24.4 Å². The summed E-state index contributed by atoms with van der Waals surface area (Å²) in [4.78, 5) is 23.6. The molecular formula is C30H44O7. The van der Waals surface area contributed by atoms with Crippen molar-refractivity contribution in [2.75, 3.05) is 33.0 Å². The summed E-state index contributed by atoms with van der Waals surface area (Å²) < 4.78 is 16.7. The number of ether oxygens (including phenoxy) is 3. The maximum atomic E-state index is 11.8. The number of aryl methyl sites for hydroxylation is 1. The molecule has 0 bridgehead atoms. The summed E-state index contributed by atoms with van der Waals surface area (Å²) in [5.41, 5.74) is 2.75. The van der Waals surface area contributed by atoms with Crippen LogP contribution in [0.1, 0.15) is 75.3 Å². The van der Waals surface area contributed by atoms with Gasteiger partial charge in [0.2, 0.25) is 0 Å². The van der Waals surface area contributed by atoms with Gasteiger partial charge in [-0.05, 0) is 62.0 Å². The third-order valence-corrected chi connectivity index (χ3v) is 6.96. The minimum absolute atomic E-state index is 0.0173. The minimum Gasteiger partial charge on any atom is -0.462 e. The van der Waals surface area contributed by atoms with E-state index < -0.39 is 25.2 Å². The van der Waals surface area contributed by atoms with Gasteiger partial charge in [0.15, 0.2) is 0 Å². The zero-order valence-electron chi connectivity index (χ0n) is 22.3. The smallest absolute Gasteiger partial charge is 0.335 e. The molecule has 1 aliphatic rings. The van der Waals surface area contributed by atoms with Gasteiger partial charge in [-0.3, -0.25) is 0 Å². The van der Waals surface area contributed by atoms with Crippen molar-refractivity contribution in [3.8, 4) is 0 Å². The van der Waals surface area contributed by atoms with E-state index in [0.717, 1.165) is 25.7 Å². The van der Waals surface area contributed by atoms with Crippen LogP contribution in [0, 0.1) is 5.92 Å². The van der Waals surface area contributed by atoms with Gasteiger partial charge >= 0.3 is 11.9 Å². The molecule has 1 aliphatic heterocycles. The van der Waals surface area contributed by atoms with E-state index in [1.807, 2.05) is 0 Å². The second-order valence-electron chi connectivity index (χ2n) is 9.90. The largest absolute Gasteiger partial charge is 0.462 e. The lowest BCUT2D eigenvalue weighted by Crippen LogP contribution is -2.28. The van der Waals surface area contributed by atoms with Gasteiger partial charge in [0, 0.05) is 5.92 Å². The number of carbonyl (C=O) groups excluding carboxylic acids is 2. The van der Waals surface area contributed by atoms with E-state index in [2.05, 4.69) is 44.3 Å². The van der Waals surface area contributed by atoms with Crippen LogP contribution in [-0.4, -0.2) is 61.3 Å². The van der Waals surface area contributed by atoms with Crippen LogP contribution in [0.25, 0.3) is 0 Å². The molecule has 0 spiro atoms. The molecule has 1 fully saturated rings. The van der Waals surface area contributed by atoms with Crippen molar-refractivity contribution in [2.45, 2.75) is 76.7 Å². The van der Waals surface area contributed by atoms with Crippen molar-refractivity contribution in [1.29, 1.82) is 0 Å². The first-order valence-electron chi connectivity index (χ1n) is 13.5. The molecule has 0 aliphatic carbocycles. The first-order chi connectivity index (χ1) is 17.9. The van der Waals surface area contributed by atoms with Crippen LogP contribution in [-0.2, 0) is 30.2 Å². The number of benzene rings is 1. The Kier molecular flexibility index (Phi) is 14.2. The topological polar surface area (TPSA) is 102 Å². The average molecular weight is 517 g/mol. The number of unbranched alkanes of at least 4 members (excludes halogenated alkanes) is 2. The van der Waals surface area contributed by atoms with E-state index in [1.165, 1.54) is 30.4 Å². The first kappa shape index (κ1) is 30.7. The molecule has 2 atom stereocenters. The third kappa shape index (κ3) is 11.2. The SMILES string of the molecule is C=C(CO)C(=O)OCCC(CCOC(=O)C(=C)CO)CC1CCC(c2ccc(CCCCC)cc2)CO1. The first-order valence-corrected chi connectivity index (χ1v) is 13.5. The van der Waals surface area contributed by atoms with Crippen LogP contribution in [0.4, 0.5) is 0 Å². The number of aliphatic hydroxyl groups excluding tert-OH is 2. The predicted molar refractivity (Wildman–Crippen MR) is 143 cm³/mol. The summed E-state index contributed by atoms with van der Waals surface area (Å²) in [6.07, 6.45) is 8.83. The highest BCUT2D eigenvalue weighted by atomic mass is 16.5. The molecule has 1 aromatic rings. The standard InChI is InChI=1S/C30H44O7/c1-4-5-6-7-24-8-10-26(11-9-24)27-12-13-28(37-21-27)18-25(14-16-35-29(33)22(2)19-31)15-17-36-30(34)23(3)20-32/h8-11,25,27-28,31-32H,2-7,12-21H2,1H3. The molecule has 0 amide bonds. The molecule has 1 aromatic carbocycles. The summed E-state index contributed by atoms with van der Waals surface area (Å²) in [7, 11) is 0. The Balaban J connectivity index is 1.84. The van der Waals surface area contributed by atoms with Gasteiger partial charge in [-0.25, -0.2) is 9.59 Å². The van der Waals surface area contributed by atoms with E-state index >= 15 is 0 Å². The quantitative estimate of drug-likeness (QED) is 0.176. The summed E-state index contributed by atoms with van der Waals surface area (Å²) >= 11 is 0. The summed E-state index contributed by atoms with van der Waals surface area (Å²) in [5, 5.41) is 18.1. The van der Waals surface area contributed by atoms with Crippen LogP contribution in [0.15, 0.2) is 48.6 Å². The number of hydrogen-bond acceptors (Lipinski definition) is 7. The van der Waals surface area contributed by atoms with Gasteiger partial charge in [-0.15, -0.1) is 0 Å². The molecule has 0 saturated carbocycles. The molecular weight excluding hydrogens is 472 g/mol. The molecule has 0 radical (unpaired) electrons. The van der Waals surface area contributed by atoms with Crippen LogP contribution >= 0.6 is 0 Å². The fourth-order valence-electron chi connectivity index (χ4n) is 4.51. The zero-order valence-corrected chi connectivity index (χ0v) is 22.3. The molecule has 7 heteroatoms. The van der Waals surface area contributed by atoms with Crippen molar-refractivity contribution >= 4 is 11.9 Å². The maximum Gasteiger partial charge on any atom is 0.335 e. The normalized spacial score (nSPS) is 17.4. The van der Waals surface area contributed by atoms with Crippen molar-refractivity contribution in [3.05, 3.63) is 59.7 Å². The number of carbonyl (C=O) groups is 2. The van der Waals surface area contributed by atoms with E-state index in [0.29, 0.717) is 25.4 Å². The Morgan fingerprint density at radius 1 is 0.973 bits per heavy atom. The molecule has 37 heavy (non-hydrogen) atoms. The second-order valence-corrected chi connectivity index (χ2v) is 9.90. The van der Waals surface area contributed by atoms with E-state index in [1.54, 1.807) is 0 Å². The highest BCUT2D eigenvalue weighted by molar-refractivity contribution is 5.88. The molecule has 1 heterocycles. The molecule has 2 rings (SSSR count). The zero-order chi connectivity index (χ0) is 27.0.